The Morgan fingerprint density at radius 2 is 1.78 bits per heavy atom. The molecule has 0 amide bonds. The maximum atomic E-state index is 11.1. The normalized spacial score (nSPS) is 14.6. The fourth-order valence-corrected chi connectivity index (χ4v) is 4.07. The van der Waals surface area contributed by atoms with E-state index in [9.17, 15) is 10.1 Å². The van der Waals surface area contributed by atoms with Gasteiger partial charge >= 0.3 is 0 Å². The van der Waals surface area contributed by atoms with Crippen LogP contribution in [0.3, 0.4) is 0 Å². The maximum Gasteiger partial charge on any atom is 0.269 e. The van der Waals surface area contributed by atoms with Crippen molar-refractivity contribution < 1.29 is 4.92 Å². The van der Waals surface area contributed by atoms with E-state index in [1.165, 1.54) is 6.07 Å². The minimum atomic E-state index is -0.346. The number of nitro groups is 1. The number of rotatable bonds is 5. The molecule has 160 valence electrons. The molecule has 1 saturated heterocycles. The summed E-state index contributed by atoms with van der Waals surface area (Å²) in [7, 11) is 0. The Kier molecular flexibility index (Phi) is 5.43. The zero-order valence-electron chi connectivity index (χ0n) is 17.5. The zero-order valence-corrected chi connectivity index (χ0v) is 17.5. The molecule has 0 aliphatic carbocycles. The minimum absolute atomic E-state index is 0.136. The number of fused-ring (bicyclic) bond motifs is 1. The van der Waals surface area contributed by atoms with Gasteiger partial charge in [0.2, 0.25) is 0 Å². The van der Waals surface area contributed by atoms with E-state index in [0.717, 1.165) is 54.0 Å². The first-order valence-corrected chi connectivity index (χ1v) is 10.6. The highest BCUT2D eigenvalue weighted by Gasteiger charge is 2.21. The second kappa shape index (κ2) is 8.68. The van der Waals surface area contributed by atoms with Gasteiger partial charge in [0, 0.05) is 68.2 Å². The molecular formula is C24H22N6O2. The van der Waals surface area contributed by atoms with Gasteiger partial charge in [0.05, 0.1) is 10.4 Å². The van der Waals surface area contributed by atoms with Gasteiger partial charge in [0.1, 0.15) is 5.82 Å². The lowest BCUT2D eigenvalue weighted by atomic mass is 10.1. The SMILES string of the molecule is O=[N+]([O-])c1cccc(CN2CCN(c3nc(-c4cccnc4)nc4ccccc34)CC2)c1. The highest BCUT2D eigenvalue weighted by Crippen LogP contribution is 2.28. The minimum Gasteiger partial charge on any atom is -0.353 e. The molecule has 8 heteroatoms. The number of nitro benzene ring substituents is 1. The van der Waals surface area contributed by atoms with Gasteiger partial charge < -0.3 is 4.90 Å². The van der Waals surface area contributed by atoms with Gasteiger partial charge in [-0.25, -0.2) is 9.97 Å². The summed E-state index contributed by atoms with van der Waals surface area (Å²) >= 11 is 0. The first-order chi connectivity index (χ1) is 15.7. The number of hydrogen-bond donors (Lipinski definition) is 0. The summed E-state index contributed by atoms with van der Waals surface area (Å²) in [5, 5.41) is 12.1. The second-order valence-electron chi connectivity index (χ2n) is 7.82. The molecular weight excluding hydrogens is 404 g/mol. The van der Waals surface area contributed by atoms with E-state index in [2.05, 4.69) is 20.9 Å². The monoisotopic (exact) mass is 426 g/mol. The highest BCUT2D eigenvalue weighted by atomic mass is 16.6. The van der Waals surface area contributed by atoms with Crippen molar-refractivity contribution >= 4 is 22.4 Å². The quantitative estimate of drug-likeness (QED) is 0.353. The van der Waals surface area contributed by atoms with Crippen LogP contribution in [-0.4, -0.2) is 51.0 Å². The highest BCUT2D eigenvalue weighted by molar-refractivity contribution is 5.91. The topological polar surface area (TPSA) is 88.3 Å². The number of pyridine rings is 1. The fraction of sp³-hybridized carbons (Fsp3) is 0.208. The van der Waals surface area contributed by atoms with E-state index in [1.807, 2.05) is 36.4 Å². The van der Waals surface area contributed by atoms with Gasteiger partial charge in [-0.3, -0.25) is 20.0 Å². The summed E-state index contributed by atoms with van der Waals surface area (Å²) in [6.45, 7) is 4.04. The van der Waals surface area contributed by atoms with Gasteiger partial charge in [0.25, 0.3) is 5.69 Å². The Balaban J connectivity index is 1.37. The van der Waals surface area contributed by atoms with Crippen molar-refractivity contribution in [2.75, 3.05) is 31.1 Å². The second-order valence-corrected chi connectivity index (χ2v) is 7.82. The molecule has 1 aliphatic rings. The van der Waals surface area contributed by atoms with E-state index in [4.69, 9.17) is 9.97 Å². The average molecular weight is 426 g/mol. The number of piperazine rings is 1. The molecule has 0 radical (unpaired) electrons. The third-order valence-electron chi connectivity index (χ3n) is 5.70. The number of nitrogens with zero attached hydrogens (tertiary/aromatic N) is 6. The summed E-state index contributed by atoms with van der Waals surface area (Å²) in [4.78, 5) is 29.2. The van der Waals surface area contributed by atoms with Crippen LogP contribution in [0.4, 0.5) is 11.5 Å². The first-order valence-electron chi connectivity index (χ1n) is 10.6. The van der Waals surface area contributed by atoms with Gasteiger partial charge in [-0.05, 0) is 29.8 Å². The van der Waals surface area contributed by atoms with Crippen LogP contribution < -0.4 is 4.90 Å². The number of aromatic nitrogens is 3. The Morgan fingerprint density at radius 3 is 2.56 bits per heavy atom. The molecule has 0 atom stereocenters. The lowest BCUT2D eigenvalue weighted by Crippen LogP contribution is -2.46. The average Bonchev–Trinajstić information content (AvgIpc) is 2.84. The van der Waals surface area contributed by atoms with Crippen molar-refractivity contribution in [3.8, 4) is 11.4 Å². The van der Waals surface area contributed by atoms with Crippen molar-refractivity contribution in [3.63, 3.8) is 0 Å². The van der Waals surface area contributed by atoms with E-state index in [0.29, 0.717) is 12.4 Å². The largest absolute Gasteiger partial charge is 0.353 e. The standard InChI is InChI=1S/C24H22N6O2/c31-30(32)20-7-3-5-18(15-20)17-28-11-13-29(14-12-28)24-21-8-1-2-9-22(21)26-23(27-24)19-6-4-10-25-16-19/h1-10,15-16H,11-14,17H2. The molecule has 8 nitrogen and oxygen atoms in total. The molecule has 0 unspecified atom stereocenters. The van der Waals surface area contributed by atoms with Crippen LogP contribution in [0.5, 0.6) is 0 Å². The summed E-state index contributed by atoms with van der Waals surface area (Å²) in [6, 6.07) is 18.8. The fourth-order valence-electron chi connectivity index (χ4n) is 4.07. The van der Waals surface area contributed by atoms with Crippen molar-refractivity contribution in [1.29, 1.82) is 0 Å². The molecule has 0 spiro atoms. The van der Waals surface area contributed by atoms with Crippen LogP contribution in [0.1, 0.15) is 5.56 Å². The van der Waals surface area contributed by atoms with Crippen molar-refractivity contribution in [3.05, 3.63) is 88.7 Å². The van der Waals surface area contributed by atoms with Crippen molar-refractivity contribution in [2.24, 2.45) is 0 Å². The summed E-state index contributed by atoms with van der Waals surface area (Å²) in [5.74, 6) is 1.61. The Bertz CT molecular complexity index is 1260. The van der Waals surface area contributed by atoms with E-state index < -0.39 is 0 Å². The molecule has 1 fully saturated rings. The smallest absolute Gasteiger partial charge is 0.269 e. The van der Waals surface area contributed by atoms with Gasteiger partial charge in [0.15, 0.2) is 5.82 Å². The van der Waals surface area contributed by atoms with Crippen LogP contribution in [0.25, 0.3) is 22.3 Å². The molecule has 32 heavy (non-hydrogen) atoms. The first kappa shape index (κ1) is 20.0. The van der Waals surface area contributed by atoms with E-state index in [1.54, 1.807) is 24.5 Å². The molecule has 0 N–H and O–H groups in total. The Hall–Kier alpha value is -3.91. The van der Waals surface area contributed by atoms with Gasteiger partial charge in [-0.2, -0.15) is 0 Å². The lowest BCUT2D eigenvalue weighted by Gasteiger charge is -2.36. The molecule has 0 bridgehead atoms. The lowest BCUT2D eigenvalue weighted by molar-refractivity contribution is -0.384. The third-order valence-corrected chi connectivity index (χ3v) is 5.70. The van der Waals surface area contributed by atoms with Crippen LogP contribution in [-0.2, 0) is 6.54 Å². The third kappa shape index (κ3) is 4.13. The molecule has 1 aliphatic heterocycles. The summed E-state index contributed by atoms with van der Waals surface area (Å²) in [6.07, 6.45) is 3.52. The number of benzene rings is 2. The maximum absolute atomic E-state index is 11.1. The van der Waals surface area contributed by atoms with Crippen LogP contribution in [0.2, 0.25) is 0 Å². The van der Waals surface area contributed by atoms with Crippen LogP contribution >= 0.6 is 0 Å². The summed E-state index contributed by atoms with van der Waals surface area (Å²) in [5.41, 5.74) is 2.90. The van der Waals surface area contributed by atoms with Crippen LogP contribution in [0, 0.1) is 10.1 Å². The number of hydrogen-bond acceptors (Lipinski definition) is 7. The van der Waals surface area contributed by atoms with E-state index >= 15 is 0 Å². The molecule has 0 saturated carbocycles. The molecule has 3 heterocycles. The number of non-ortho nitro benzene ring substituents is 1. The number of para-hydroxylation sites is 1. The molecule has 4 aromatic rings. The van der Waals surface area contributed by atoms with Gasteiger partial charge in [-0.15, -0.1) is 0 Å². The van der Waals surface area contributed by atoms with E-state index in [-0.39, 0.29) is 10.6 Å². The predicted molar refractivity (Wildman–Crippen MR) is 123 cm³/mol. The molecule has 2 aromatic carbocycles. The predicted octanol–water partition coefficient (Wildman–Crippen LogP) is 3.92. The Morgan fingerprint density at radius 1 is 0.938 bits per heavy atom. The zero-order chi connectivity index (χ0) is 21.9. The Labute approximate surface area is 185 Å². The van der Waals surface area contributed by atoms with Gasteiger partial charge in [-0.1, -0.05) is 24.3 Å². The summed E-state index contributed by atoms with van der Waals surface area (Å²) < 4.78 is 0. The number of anilines is 1. The van der Waals surface area contributed by atoms with Crippen LogP contribution in [0.15, 0.2) is 73.1 Å². The van der Waals surface area contributed by atoms with Crippen molar-refractivity contribution in [2.45, 2.75) is 6.54 Å². The molecule has 2 aromatic heterocycles. The molecule has 5 rings (SSSR count). The van der Waals surface area contributed by atoms with Crippen molar-refractivity contribution in [1.82, 2.24) is 19.9 Å².